The zero-order valence-electron chi connectivity index (χ0n) is 12.1. The first kappa shape index (κ1) is 14.2. The van der Waals surface area contributed by atoms with Gasteiger partial charge in [0.25, 0.3) is 0 Å². The Labute approximate surface area is 118 Å². The molecule has 2 aromatic heterocycles. The zero-order chi connectivity index (χ0) is 14.4. The van der Waals surface area contributed by atoms with Crippen molar-refractivity contribution in [3.05, 3.63) is 12.4 Å². The molecule has 0 aliphatic carbocycles. The van der Waals surface area contributed by atoms with E-state index in [0.717, 1.165) is 19.4 Å². The Balaban J connectivity index is 2.32. The second-order valence-electron chi connectivity index (χ2n) is 4.40. The van der Waals surface area contributed by atoms with Crippen molar-refractivity contribution in [2.75, 3.05) is 18.5 Å². The van der Waals surface area contributed by atoms with E-state index in [2.05, 4.69) is 32.2 Å². The van der Waals surface area contributed by atoms with Crippen molar-refractivity contribution in [3.63, 3.8) is 0 Å². The molecule has 2 aromatic rings. The molecule has 0 spiro atoms. The monoisotopic (exact) mass is 276 g/mol. The lowest BCUT2D eigenvalue weighted by Crippen LogP contribution is -2.10. The van der Waals surface area contributed by atoms with Crippen LogP contribution in [0.1, 0.15) is 26.7 Å². The number of aryl methyl sites for hydroxylation is 1. The molecule has 0 saturated heterocycles. The first-order valence-electron chi connectivity index (χ1n) is 6.85. The highest BCUT2D eigenvalue weighted by molar-refractivity contribution is 5.47. The van der Waals surface area contributed by atoms with Gasteiger partial charge in [-0.3, -0.25) is 0 Å². The lowest BCUT2D eigenvalue weighted by molar-refractivity contribution is 0.292. The molecular formula is C13H20N6O. The lowest BCUT2D eigenvalue weighted by atomic mass is 10.5. The molecule has 1 N–H and O–H groups in total. The van der Waals surface area contributed by atoms with Crippen molar-refractivity contribution >= 4 is 5.95 Å². The fourth-order valence-electron chi connectivity index (χ4n) is 1.61. The first-order chi connectivity index (χ1) is 9.74. The quantitative estimate of drug-likeness (QED) is 0.832. The molecule has 0 atom stereocenters. The summed E-state index contributed by atoms with van der Waals surface area (Å²) in [6.45, 7) is 5.51. The van der Waals surface area contributed by atoms with E-state index in [1.165, 1.54) is 0 Å². The van der Waals surface area contributed by atoms with Gasteiger partial charge in [0.15, 0.2) is 5.82 Å². The number of nitrogens with zero attached hydrogens (tertiary/aromatic N) is 5. The summed E-state index contributed by atoms with van der Waals surface area (Å²) in [5.74, 6) is 1.72. The summed E-state index contributed by atoms with van der Waals surface area (Å²) < 4.78 is 7.38. The second-order valence-corrected chi connectivity index (χ2v) is 4.40. The number of imidazole rings is 1. The van der Waals surface area contributed by atoms with Gasteiger partial charge in [0.05, 0.1) is 6.61 Å². The molecule has 0 radical (unpaired) electrons. The molecule has 2 rings (SSSR count). The summed E-state index contributed by atoms with van der Waals surface area (Å²) in [6.07, 6.45) is 5.46. The van der Waals surface area contributed by atoms with E-state index in [0.29, 0.717) is 30.2 Å². The summed E-state index contributed by atoms with van der Waals surface area (Å²) in [4.78, 5) is 17.2. The smallest absolute Gasteiger partial charge is 0.321 e. The van der Waals surface area contributed by atoms with Crippen LogP contribution in [-0.4, -0.2) is 37.7 Å². The second kappa shape index (κ2) is 6.83. The van der Waals surface area contributed by atoms with Crippen LogP contribution in [0.4, 0.5) is 5.95 Å². The van der Waals surface area contributed by atoms with E-state index in [1.54, 1.807) is 6.20 Å². The third-order valence-electron chi connectivity index (χ3n) is 2.60. The van der Waals surface area contributed by atoms with Crippen LogP contribution < -0.4 is 10.1 Å². The molecule has 0 saturated carbocycles. The van der Waals surface area contributed by atoms with Gasteiger partial charge in [-0.2, -0.15) is 15.0 Å². The third-order valence-corrected chi connectivity index (χ3v) is 2.60. The molecule has 0 fully saturated rings. The van der Waals surface area contributed by atoms with Crippen LogP contribution in [0.2, 0.25) is 0 Å². The average molecular weight is 276 g/mol. The van der Waals surface area contributed by atoms with Crippen molar-refractivity contribution in [2.24, 2.45) is 7.05 Å². The van der Waals surface area contributed by atoms with Gasteiger partial charge in [-0.15, -0.1) is 0 Å². The van der Waals surface area contributed by atoms with Crippen LogP contribution >= 0.6 is 0 Å². The summed E-state index contributed by atoms with van der Waals surface area (Å²) in [6, 6.07) is 0.332. The molecule has 0 bridgehead atoms. The Morgan fingerprint density at radius 1 is 1.20 bits per heavy atom. The van der Waals surface area contributed by atoms with Crippen LogP contribution in [0.15, 0.2) is 12.4 Å². The minimum atomic E-state index is 0.332. The largest absolute Gasteiger partial charge is 0.463 e. The van der Waals surface area contributed by atoms with Crippen LogP contribution in [-0.2, 0) is 7.05 Å². The van der Waals surface area contributed by atoms with Gasteiger partial charge in [-0.25, -0.2) is 4.98 Å². The SMILES string of the molecule is CCCNc1nc(OCCC)nc(-c2nccn2C)n1. The fourth-order valence-corrected chi connectivity index (χ4v) is 1.61. The number of hydrogen-bond donors (Lipinski definition) is 1. The van der Waals surface area contributed by atoms with E-state index in [9.17, 15) is 0 Å². The molecule has 0 aliphatic heterocycles. The van der Waals surface area contributed by atoms with Crippen LogP contribution in [0.3, 0.4) is 0 Å². The van der Waals surface area contributed by atoms with E-state index in [-0.39, 0.29) is 0 Å². The Kier molecular flexibility index (Phi) is 4.86. The minimum absolute atomic E-state index is 0.332. The van der Waals surface area contributed by atoms with Crippen LogP contribution in [0, 0.1) is 0 Å². The van der Waals surface area contributed by atoms with Crippen molar-refractivity contribution in [3.8, 4) is 17.7 Å². The van der Waals surface area contributed by atoms with Gasteiger partial charge < -0.3 is 14.6 Å². The summed E-state index contributed by atoms with van der Waals surface area (Å²) in [7, 11) is 1.90. The summed E-state index contributed by atoms with van der Waals surface area (Å²) >= 11 is 0. The number of anilines is 1. The predicted molar refractivity (Wildman–Crippen MR) is 76.6 cm³/mol. The standard InChI is InChI=1S/C13H20N6O/c1-4-6-15-12-16-10(11-14-7-8-19(11)3)17-13(18-12)20-9-5-2/h7-8H,4-6,9H2,1-3H3,(H,15,16,17,18). The number of aromatic nitrogens is 5. The maximum absolute atomic E-state index is 5.52. The molecule has 0 aromatic carbocycles. The maximum atomic E-state index is 5.52. The lowest BCUT2D eigenvalue weighted by Gasteiger charge is -2.08. The summed E-state index contributed by atoms with van der Waals surface area (Å²) in [5.41, 5.74) is 0. The zero-order valence-corrected chi connectivity index (χ0v) is 12.1. The Morgan fingerprint density at radius 3 is 2.70 bits per heavy atom. The van der Waals surface area contributed by atoms with Crippen molar-refractivity contribution < 1.29 is 4.74 Å². The molecule has 2 heterocycles. The van der Waals surface area contributed by atoms with Crippen LogP contribution in [0.25, 0.3) is 11.6 Å². The third kappa shape index (κ3) is 3.43. The van der Waals surface area contributed by atoms with Gasteiger partial charge in [-0.05, 0) is 12.8 Å². The highest BCUT2D eigenvalue weighted by Crippen LogP contribution is 2.16. The van der Waals surface area contributed by atoms with Crippen molar-refractivity contribution in [1.29, 1.82) is 0 Å². The molecule has 108 valence electrons. The van der Waals surface area contributed by atoms with Gasteiger partial charge in [0.1, 0.15) is 0 Å². The van der Waals surface area contributed by atoms with Gasteiger partial charge in [0, 0.05) is 26.0 Å². The number of ether oxygens (including phenoxy) is 1. The Hall–Kier alpha value is -2.18. The molecule has 0 aliphatic rings. The van der Waals surface area contributed by atoms with Gasteiger partial charge in [-0.1, -0.05) is 13.8 Å². The molecular weight excluding hydrogens is 256 g/mol. The topological polar surface area (TPSA) is 77.8 Å². The van der Waals surface area contributed by atoms with E-state index in [1.807, 2.05) is 24.7 Å². The highest BCUT2D eigenvalue weighted by atomic mass is 16.5. The number of hydrogen-bond acceptors (Lipinski definition) is 6. The Morgan fingerprint density at radius 2 is 2.05 bits per heavy atom. The van der Waals surface area contributed by atoms with Gasteiger partial charge >= 0.3 is 6.01 Å². The molecule has 0 unspecified atom stereocenters. The minimum Gasteiger partial charge on any atom is -0.463 e. The highest BCUT2D eigenvalue weighted by Gasteiger charge is 2.12. The van der Waals surface area contributed by atoms with E-state index in [4.69, 9.17) is 4.74 Å². The van der Waals surface area contributed by atoms with Crippen LogP contribution in [0.5, 0.6) is 6.01 Å². The van der Waals surface area contributed by atoms with E-state index >= 15 is 0 Å². The van der Waals surface area contributed by atoms with Crippen molar-refractivity contribution in [1.82, 2.24) is 24.5 Å². The average Bonchev–Trinajstić information content (AvgIpc) is 2.89. The Bertz CT molecular complexity index is 527. The normalized spacial score (nSPS) is 10.6. The summed E-state index contributed by atoms with van der Waals surface area (Å²) in [5, 5.41) is 3.15. The molecule has 20 heavy (non-hydrogen) atoms. The number of rotatable bonds is 7. The molecule has 7 heteroatoms. The fraction of sp³-hybridized carbons (Fsp3) is 0.538. The first-order valence-corrected chi connectivity index (χ1v) is 6.85. The predicted octanol–water partition coefficient (Wildman–Crippen LogP) is 1.88. The number of nitrogens with one attached hydrogen (secondary N) is 1. The molecule has 7 nitrogen and oxygen atoms in total. The maximum Gasteiger partial charge on any atom is 0.321 e. The van der Waals surface area contributed by atoms with E-state index < -0.39 is 0 Å². The van der Waals surface area contributed by atoms with Gasteiger partial charge in [0.2, 0.25) is 11.8 Å². The van der Waals surface area contributed by atoms with Crippen molar-refractivity contribution in [2.45, 2.75) is 26.7 Å². The molecule has 0 amide bonds.